The van der Waals surface area contributed by atoms with E-state index >= 15 is 0 Å². The van der Waals surface area contributed by atoms with Crippen molar-refractivity contribution in [2.45, 2.75) is 44.4 Å². The lowest BCUT2D eigenvalue weighted by atomic mass is 9.93. The third kappa shape index (κ3) is 2.11. The van der Waals surface area contributed by atoms with E-state index in [0.29, 0.717) is 6.04 Å². The zero-order chi connectivity index (χ0) is 11.7. The highest BCUT2D eigenvalue weighted by Gasteiger charge is 2.35. The first-order chi connectivity index (χ1) is 8.36. The second-order valence-electron chi connectivity index (χ2n) is 5.21. The number of nitrogens with zero attached hydrogens (tertiary/aromatic N) is 2. The minimum Gasteiger partial charge on any atom is -0.371 e. The summed E-state index contributed by atoms with van der Waals surface area (Å²) in [5.41, 5.74) is 2.47. The molecule has 0 aliphatic carbocycles. The van der Waals surface area contributed by atoms with E-state index in [-0.39, 0.29) is 6.23 Å². The van der Waals surface area contributed by atoms with Crippen LogP contribution in [0.1, 0.15) is 32.1 Å². The van der Waals surface area contributed by atoms with Crippen LogP contribution in [0.3, 0.4) is 0 Å². The smallest absolute Gasteiger partial charge is 0.206 e. The number of hydrogen-bond donors (Lipinski definition) is 1. The van der Waals surface area contributed by atoms with Gasteiger partial charge in [-0.3, -0.25) is 10.2 Å². The quantitative estimate of drug-likeness (QED) is 0.748. The van der Waals surface area contributed by atoms with E-state index in [1.54, 1.807) is 0 Å². The van der Waals surface area contributed by atoms with Crippen LogP contribution in [0.4, 0.5) is 0 Å². The zero-order valence-electron chi connectivity index (χ0n) is 10.5. The standard InChI is InChI=1S/C13H21N3O/c1-16-9-5-3-7-11(16)12-10-6-2-4-8-14-13(10)17-15-12/h6,11,13-14H,2-5,7-9H2,1H3/t11-,13+/m0/s1. The van der Waals surface area contributed by atoms with Crippen molar-refractivity contribution < 1.29 is 4.84 Å². The van der Waals surface area contributed by atoms with Gasteiger partial charge in [-0.2, -0.15) is 0 Å². The van der Waals surface area contributed by atoms with Crippen molar-refractivity contribution >= 4 is 5.71 Å². The van der Waals surface area contributed by atoms with Gasteiger partial charge in [0.15, 0.2) is 0 Å². The van der Waals surface area contributed by atoms with Gasteiger partial charge in [-0.25, -0.2) is 0 Å². The third-order valence-corrected chi connectivity index (χ3v) is 4.00. The molecule has 17 heavy (non-hydrogen) atoms. The summed E-state index contributed by atoms with van der Waals surface area (Å²) in [7, 11) is 2.20. The zero-order valence-corrected chi connectivity index (χ0v) is 10.5. The number of fused-ring (bicyclic) bond motifs is 1. The molecule has 3 rings (SSSR count). The lowest BCUT2D eigenvalue weighted by Crippen LogP contribution is -2.43. The van der Waals surface area contributed by atoms with Crippen LogP contribution in [0.5, 0.6) is 0 Å². The van der Waals surface area contributed by atoms with E-state index in [9.17, 15) is 0 Å². The molecule has 0 unspecified atom stereocenters. The summed E-state index contributed by atoms with van der Waals surface area (Å²) in [6, 6.07) is 0.458. The maximum Gasteiger partial charge on any atom is 0.206 e. The Morgan fingerprint density at radius 1 is 1.41 bits per heavy atom. The van der Waals surface area contributed by atoms with Crippen molar-refractivity contribution in [2.75, 3.05) is 20.1 Å². The van der Waals surface area contributed by atoms with Crippen LogP contribution in [0.2, 0.25) is 0 Å². The third-order valence-electron chi connectivity index (χ3n) is 4.00. The van der Waals surface area contributed by atoms with Crippen LogP contribution in [-0.4, -0.2) is 43.0 Å². The molecule has 2 atom stereocenters. The molecule has 0 radical (unpaired) electrons. The molecule has 3 heterocycles. The number of oxime groups is 1. The topological polar surface area (TPSA) is 36.9 Å². The molecule has 0 amide bonds. The Bertz CT molecular complexity index is 351. The Morgan fingerprint density at radius 3 is 3.24 bits per heavy atom. The number of piperidine rings is 1. The fraction of sp³-hybridized carbons (Fsp3) is 0.769. The van der Waals surface area contributed by atoms with Gasteiger partial charge >= 0.3 is 0 Å². The summed E-state index contributed by atoms with van der Waals surface area (Å²) < 4.78 is 0. The van der Waals surface area contributed by atoms with E-state index in [2.05, 4.69) is 28.5 Å². The molecule has 1 N–H and O–H groups in total. The Labute approximate surface area is 103 Å². The summed E-state index contributed by atoms with van der Waals surface area (Å²) in [6.45, 7) is 2.20. The van der Waals surface area contributed by atoms with Crippen molar-refractivity contribution in [1.82, 2.24) is 10.2 Å². The SMILES string of the molecule is CN1CCCC[C@H]1C1=NO[C@H]2NCCCC=C12. The molecule has 94 valence electrons. The van der Waals surface area contributed by atoms with Gasteiger partial charge in [0.05, 0.1) is 6.04 Å². The lowest BCUT2D eigenvalue weighted by molar-refractivity contribution is 0.0803. The Hall–Kier alpha value is -0.870. The highest BCUT2D eigenvalue weighted by atomic mass is 16.7. The Balaban J connectivity index is 1.80. The van der Waals surface area contributed by atoms with Gasteiger partial charge in [-0.05, 0) is 45.8 Å². The Kier molecular flexibility index (Phi) is 3.16. The first-order valence-electron chi connectivity index (χ1n) is 6.74. The molecule has 0 aromatic carbocycles. The number of rotatable bonds is 1. The highest BCUT2D eigenvalue weighted by molar-refractivity contribution is 6.05. The molecule has 0 bridgehead atoms. The second kappa shape index (κ2) is 4.78. The largest absolute Gasteiger partial charge is 0.371 e. The summed E-state index contributed by atoms with van der Waals surface area (Å²) in [5.74, 6) is 0. The predicted molar refractivity (Wildman–Crippen MR) is 67.9 cm³/mol. The monoisotopic (exact) mass is 235 g/mol. The maximum atomic E-state index is 5.53. The molecule has 1 saturated heterocycles. The summed E-state index contributed by atoms with van der Waals surface area (Å²) in [5, 5.41) is 7.74. The molecule has 1 fully saturated rings. The summed E-state index contributed by atoms with van der Waals surface area (Å²) in [4.78, 5) is 7.95. The van der Waals surface area contributed by atoms with Crippen LogP contribution in [0, 0.1) is 0 Å². The molecular weight excluding hydrogens is 214 g/mol. The molecule has 0 saturated carbocycles. The number of allylic oxidation sites excluding steroid dienone is 1. The predicted octanol–water partition coefficient (Wildman–Crippen LogP) is 1.49. The average Bonchev–Trinajstić information content (AvgIpc) is 2.59. The lowest BCUT2D eigenvalue weighted by Gasteiger charge is -2.32. The van der Waals surface area contributed by atoms with Crippen LogP contribution in [0.15, 0.2) is 16.8 Å². The van der Waals surface area contributed by atoms with Gasteiger partial charge in [0.1, 0.15) is 5.71 Å². The van der Waals surface area contributed by atoms with Crippen molar-refractivity contribution in [1.29, 1.82) is 0 Å². The van der Waals surface area contributed by atoms with Gasteiger partial charge in [0.2, 0.25) is 6.23 Å². The molecule has 0 spiro atoms. The maximum absolute atomic E-state index is 5.53. The summed E-state index contributed by atoms with van der Waals surface area (Å²) >= 11 is 0. The molecule has 3 aliphatic heterocycles. The average molecular weight is 235 g/mol. The van der Waals surface area contributed by atoms with E-state index < -0.39 is 0 Å². The van der Waals surface area contributed by atoms with Crippen molar-refractivity contribution in [3.63, 3.8) is 0 Å². The minimum absolute atomic E-state index is 0.0165. The van der Waals surface area contributed by atoms with Crippen molar-refractivity contribution in [3.8, 4) is 0 Å². The molecule has 0 aromatic rings. The van der Waals surface area contributed by atoms with E-state index in [4.69, 9.17) is 4.84 Å². The molecule has 0 aromatic heterocycles. The van der Waals surface area contributed by atoms with Crippen molar-refractivity contribution in [2.24, 2.45) is 5.16 Å². The number of hydrogen-bond acceptors (Lipinski definition) is 4. The minimum atomic E-state index is 0.0165. The van der Waals surface area contributed by atoms with E-state index in [0.717, 1.165) is 13.0 Å². The second-order valence-corrected chi connectivity index (χ2v) is 5.21. The first-order valence-corrected chi connectivity index (χ1v) is 6.74. The van der Waals surface area contributed by atoms with Gasteiger partial charge in [0, 0.05) is 5.57 Å². The molecule has 4 heteroatoms. The molecular formula is C13H21N3O. The van der Waals surface area contributed by atoms with E-state index in [1.165, 1.54) is 43.5 Å². The van der Waals surface area contributed by atoms with Crippen molar-refractivity contribution in [3.05, 3.63) is 11.6 Å². The van der Waals surface area contributed by atoms with E-state index in [1.807, 2.05) is 0 Å². The fourth-order valence-corrected chi connectivity index (χ4v) is 2.98. The Morgan fingerprint density at radius 2 is 2.35 bits per heavy atom. The normalized spacial score (nSPS) is 34.4. The molecule has 4 nitrogen and oxygen atoms in total. The fourth-order valence-electron chi connectivity index (χ4n) is 2.98. The van der Waals surface area contributed by atoms with Crippen LogP contribution in [-0.2, 0) is 4.84 Å². The summed E-state index contributed by atoms with van der Waals surface area (Å²) in [6.07, 6.45) is 8.49. The van der Waals surface area contributed by atoms with Gasteiger partial charge in [0.25, 0.3) is 0 Å². The highest BCUT2D eigenvalue weighted by Crippen LogP contribution is 2.27. The molecule has 3 aliphatic rings. The van der Waals surface area contributed by atoms with Gasteiger partial charge in [-0.15, -0.1) is 0 Å². The van der Waals surface area contributed by atoms with Crippen LogP contribution >= 0.6 is 0 Å². The first kappa shape index (κ1) is 11.2. The van der Waals surface area contributed by atoms with Crippen LogP contribution in [0.25, 0.3) is 0 Å². The number of likely N-dealkylation sites (tertiary alicyclic amines) is 1. The van der Waals surface area contributed by atoms with Gasteiger partial charge in [-0.1, -0.05) is 17.7 Å². The van der Waals surface area contributed by atoms with Gasteiger partial charge < -0.3 is 4.84 Å². The number of nitrogens with one attached hydrogen (secondary N) is 1. The van der Waals surface area contributed by atoms with Crippen LogP contribution < -0.4 is 5.32 Å².